The van der Waals surface area contributed by atoms with Crippen LogP contribution >= 0.6 is 0 Å². The summed E-state index contributed by atoms with van der Waals surface area (Å²) in [6, 6.07) is 1.80. The first-order valence-corrected chi connectivity index (χ1v) is 23.5. The molecule has 320 valence electrons. The summed E-state index contributed by atoms with van der Waals surface area (Å²) in [6.45, 7) is 3.47. The molecule has 4 fully saturated rings. The summed E-state index contributed by atoms with van der Waals surface area (Å²) < 4.78 is 0. The minimum Gasteiger partial charge on any atom is -0.352 e. The van der Waals surface area contributed by atoms with Crippen LogP contribution in [0.15, 0.2) is 24.3 Å². The van der Waals surface area contributed by atoms with Gasteiger partial charge in [0, 0.05) is 36.0 Å². The third kappa shape index (κ3) is 18.1. The van der Waals surface area contributed by atoms with Crippen molar-refractivity contribution < 1.29 is 19.2 Å². The molecule has 0 aromatic rings. The van der Waals surface area contributed by atoms with Crippen molar-refractivity contribution in [3.8, 4) is 0 Å². The fourth-order valence-corrected chi connectivity index (χ4v) is 9.79. The molecule has 6 rings (SSSR count). The second-order valence-electron chi connectivity index (χ2n) is 17.7. The molecule has 2 aliphatic heterocycles. The first-order valence-electron chi connectivity index (χ1n) is 23.5. The Morgan fingerprint density at radius 1 is 0.446 bits per heavy atom. The van der Waals surface area contributed by atoms with Crippen molar-refractivity contribution in [3.05, 3.63) is 24.3 Å². The molecule has 2 heterocycles. The van der Waals surface area contributed by atoms with E-state index in [0.717, 1.165) is 64.2 Å². The van der Waals surface area contributed by atoms with Gasteiger partial charge in [0.25, 0.3) is 0 Å². The van der Waals surface area contributed by atoms with Crippen LogP contribution in [-0.2, 0) is 19.2 Å². The second kappa shape index (κ2) is 29.0. The Morgan fingerprint density at radius 2 is 0.804 bits per heavy atom. The topological polar surface area (TPSA) is 116 Å². The number of allylic oxidation sites excluding steroid dienone is 4. The predicted octanol–water partition coefficient (Wildman–Crippen LogP) is 9.85. The van der Waals surface area contributed by atoms with Crippen LogP contribution in [-0.4, -0.2) is 61.6 Å². The molecule has 6 aliphatic rings. The van der Waals surface area contributed by atoms with Crippen LogP contribution in [0.4, 0.5) is 0 Å². The fraction of sp³-hybridized carbons (Fsp3) is 0.833. The van der Waals surface area contributed by atoms with E-state index in [1.807, 2.05) is 14.1 Å². The highest BCUT2D eigenvalue weighted by atomic mass is 16.2. The molecule has 56 heavy (non-hydrogen) atoms. The minimum absolute atomic E-state index is 0.218. The summed E-state index contributed by atoms with van der Waals surface area (Å²) >= 11 is 0. The maximum atomic E-state index is 11.7. The maximum Gasteiger partial charge on any atom is 0.225 e. The highest BCUT2D eigenvalue weighted by Crippen LogP contribution is 2.28. The highest BCUT2D eigenvalue weighted by Gasteiger charge is 2.38. The first kappa shape index (κ1) is 48.1. The Morgan fingerprint density at radius 3 is 1.30 bits per heavy atom. The Labute approximate surface area is 342 Å². The lowest BCUT2D eigenvalue weighted by Crippen LogP contribution is -2.57. The van der Waals surface area contributed by atoms with Gasteiger partial charge >= 0.3 is 0 Å². The summed E-state index contributed by atoms with van der Waals surface area (Å²) in [6.07, 6.45) is 43.6. The van der Waals surface area contributed by atoms with Crippen LogP contribution < -0.4 is 21.3 Å². The lowest BCUT2D eigenvalue weighted by atomic mass is 9.82. The van der Waals surface area contributed by atoms with E-state index in [2.05, 4.69) is 45.6 Å². The van der Waals surface area contributed by atoms with Gasteiger partial charge in [0.05, 0.1) is 11.8 Å². The molecule has 4 N–H and O–H groups in total. The molecule has 8 heteroatoms. The molecule has 0 bridgehead atoms. The average molecular weight is 781 g/mol. The zero-order valence-electron chi connectivity index (χ0n) is 36.4. The Balaban J connectivity index is 0.000000202. The number of carbonyl (C=O) groups excluding carboxylic acids is 4. The van der Waals surface area contributed by atoms with Crippen molar-refractivity contribution in [1.82, 2.24) is 21.3 Å². The number of carbonyl (C=O) groups is 4. The zero-order chi connectivity index (χ0) is 40.4. The quantitative estimate of drug-likeness (QED) is 0.167. The van der Waals surface area contributed by atoms with Crippen molar-refractivity contribution in [2.45, 2.75) is 218 Å². The minimum atomic E-state index is 0.218. The average Bonchev–Trinajstić information content (AvgIpc) is 3.14. The molecule has 0 spiro atoms. The zero-order valence-corrected chi connectivity index (χ0v) is 36.4. The van der Waals surface area contributed by atoms with Crippen LogP contribution in [0, 0.1) is 23.7 Å². The van der Waals surface area contributed by atoms with Gasteiger partial charge in [-0.25, -0.2) is 0 Å². The van der Waals surface area contributed by atoms with Gasteiger partial charge in [0.2, 0.25) is 11.8 Å². The molecular formula is C48H84N4O4. The largest absolute Gasteiger partial charge is 0.352 e. The Kier molecular flexibility index (Phi) is 24.9. The van der Waals surface area contributed by atoms with E-state index in [4.69, 9.17) is 0 Å². The molecular weight excluding hydrogens is 697 g/mol. The van der Waals surface area contributed by atoms with E-state index in [1.165, 1.54) is 116 Å². The number of β-lactam (4-membered cyclic amide) rings is 2. The lowest BCUT2D eigenvalue weighted by Gasteiger charge is -2.37. The second-order valence-corrected chi connectivity index (χ2v) is 17.7. The van der Waals surface area contributed by atoms with Crippen molar-refractivity contribution in [2.24, 2.45) is 23.7 Å². The van der Waals surface area contributed by atoms with E-state index in [0.29, 0.717) is 53.5 Å². The fourth-order valence-electron chi connectivity index (χ4n) is 9.79. The molecule has 2 saturated carbocycles. The van der Waals surface area contributed by atoms with Crippen LogP contribution in [0.5, 0.6) is 0 Å². The normalized spacial score (nSPS) is 33.0. The molecule has 4 aliphatic carbocycles. The SMILES string of the molecule is CN[C@@H]1CC/C=C\CCC1C(C)=O.CN[C@@H]1CCCCCCCCCC[C@@H]1C(C)=O.O=C1N[C@@H]2CC/C=C\CCC12.O=C1N[C@@H]2CCCCCCCCCC[C@H]12. The molecule has 2 amide bonds. The van der Waals surface area contributed by atoms with Gasteiger partial charge in [-0.05, 0) is 105 Å². The number of rotatable bonds is 4. The first-order chi connectivity index (χ1) is 27.3. The van der Waals surface area contributed by atoms with Gasteiger partial charge in [0.15, 0.2) is 0 Å². The van der Waals surface area contributed by atoms with Gasteiger partial charge in [-0.2, -0.15) is 0 Å². The van der Waals surface area contributed by atoms with Crippen LogP contribution in [0.3, 0.4) is 0 Å². The van der Waals surface area contributed by atoms with Crippen LogP contribution in [0.25, 0.3) is 0 Å². The number of Topliss-reactive ketones (excluding diaryl/α,β-unsaturated/α-hetero) is 2. The van der Waals surface area contributed by atoms with Gasteiger partial charge in [-0.15, -0.1) is 0 Å². The van der Waals surface area contributed by atoms with Crippen LogP contribution in [0.2, 0.25) is 0 Å². The maximum absolute atomic E-state index is 11.7. The molecule has 0 aromatic heterocycles. The summed E-state index contributed by atoms with van der Waals surface area (Å²) in [5.74, 6) is 2.46. The van der Waals surface area contributed by atoms with Gasteiger partial charge in [0.1, 0.15) is 11.6 Å². The summed E-state index contributed by atoms with van der Waals surface area (Å²) in [5.41, 5.74) is 0. The van der Waals surface area contributed by atoms with Gasteiger partial charge in [-0.3, -0.25) is 19.2 Å². The van der Waals surface area contributed by atoms with Crippen LogP contribution in [0.1, 0.15) is 194 Å². The van der Waals surface area contributed by atoms with Crippen molar-refractivity contribution in [1.29, 1.82) is 0 Å². The number of ketones is 2. The van der Waals surface area contributed by atoms with Crippen molar-refractivity contribution in [2.75, 3.05) is 14.1 Å². The van der Waals surface area contributed by atoms with Gasteiger partial charge < -0.3 is 21.3 Å². The van der Waals surface area contributed by atoms with E-state index >= 15 is 0 Å². The smallest absolute Gasteiger partial charge is 0.225 e. The molecule has 8 nitrogen and oxygen atoms in total. The van der Waals surface area contributed by atoms with E-state index in [1.54, 1.807) is 13.8 Å². The Hall–Kier alpha value is -2.32. The summed E-state index contributed by atoms with van der Waals surface area (Å²) in [5, 5.41) is 12.6. The number of fused-ring (bicyclic) bond motifs is 2. The van der Waals surface area contributed by atoms with E-state index < -0.39 is 0 Å². The molecule has 2 saturated heterocycles. The van der Waals surface area contributed by atoms with Gasteiger partial charge in [-0.1, -0.05) is 127 Å². The molecule has 0 aromatic carbocycles. The molecule has 2 unspecified atom stereocenters. The lowest BCUT2D eigenvalue weighted by molar-refractivity contribution is -0.136. The Bertz CT molecular complexity index is 1190. The number of amides is 2. The van der Waals surface area contributed by atoms with Crippen molar-refractivity contribution >= 4 is 23.4 Å². The number of hydrogen-bond donors (Lipinski definition) is 4. The summed E-state index contributed by atoms with van der Waals surface area (Å²) in [7, 11) is 3.96. The third-order valence-electron chi connectivity index (χ3n) is 13.5. The standard InChI is InChI=1S/C15H29NO.C13H23NO.C11H19NO.C9H13NO/c1-13(17)14-11-9-7-5-3-4-6-8-10-12-15(14)16-2;15-13-11-9-7-5-3-1-2-4-6-8-10-12(11)14-13;1-9(13)10-7-5-3-4-6-8-11(10)12-2;11-9-7-5-3-1-2-4-6-8(7)10-9/h14-16H,3-12H2,1-2H3;11-12H,1-10H2,(H,14,15);3-4,10-12H,5-8H2,1-2H3;1-2,7-8H,3-6H2,(H,10,11)/b;;4-3-;2-1-/t14-,15-;11-,12+;10?,11-;7?,8-/m1011/s1. The molecule has 0 radical (unpaired) electrons. The number of hydrogen-bond acceptors (Lipinski definition) is 6. The van der Waals surface area contributed by atoms with E-state index in [-0.39, 0.29) is 17.7 Å². The highest BCUT2D eigenvalue weighted by molar-refractivity contribution is 5.86. The third-order valence-corrected chi connectivity index (χ3v) is 13.5. The summed E-state index contributed by atoms with van der Waals surface area (Å²) in [4.78, 5) is 45.5. The molecule has 8 atom stereocenters. The predicted molar refractivity (Wildman–Crippen MR) is 232 cm³/mol. The van der Waals surface area contributed by atoms with E-state index in [9.17, 15) is 19.2 Å². The monoisotopic (exact) mass is 781 g/mol. The van der Waals surface area contributed by atoms with Crippen molar-refractivity contribution in [3.63, 3.8) is 0 Å². The number of nitrogens with one attached hydrogen (secondary N) is 4.